The molecule has 2 aromatic rings. The Bertz CT molecular complexity index is 913. The molecule has 2 aromatic carbocycles. The average Bonchev–Trinajstić information content (AvgIpc) is 3.23. The number of hydrogen-bond acceptors (Lipinski definition) is 2. The maximum absolute atomic E-state index is 11.5. The van der Waals surface area contributed by atoms with E-state index in [1.807, 2.05) is 30.3 Å². The predicted molar refractivity (Wildman–Crippen MR) is 103 cm³/mol. The molecule has 2 fully saturated rings. The molecule has 0 saturated heterocycles. The van der Waals surface area contributed by atoms with Crippen molar-refractivity contribution in [2.75, 3.05) is 5.32 Å². The Morgan fingerprint density at radius 1 is 1.04 bits per heavy atom. The van der Waals surface area contributed by atoms with E-state index >= 15 is 0 Å². The van der Waals surface area contributed by atoms with Crippen molar-refractivity contribution < 1.29 is 9.90 Å². The summed E-state index contributed by atoms with van der Waals surface area (Å²) in [4.78, 5) is 11.5. The van der Waals surface area contributed by atoms with Gasteiger partial charge in [-0.15, -0.1) is 0 Å². The fourth-order valence-corrected chi connectivity index (χ4v) is 6.21. The monoisotopic (exact) mass is 387 g/mol. The number of halogens is 2. The van der Waals surface area contributed by atoms with Crippen LogP contribution < -0.4 is 5.32 Å². The molecule has 2 bridgehead atoms. The van der Waals surface area contributed by atoms with Gasteiger partial charge >= 0.3 is 5.97 Å². The zero-order valence-corrected chi connectivity index (χ0v) is 15.6. The van der Waals surface area contributed by atoms with Gasteiger partial charge in [0.1, 0.15) is 0 Å². The molecule has 3 nitrogen and oxygen atoms in total. The van der Waals surface area contributed by atoms with E-state index in [4.69, 9.17) is 23.2 Å². The highest BCUT2D eigenvalue weighted by atomic mass is 35.5. The molecule has 5 rings (SSSR count). The smallest absolute Gasteiger partial charge is 0.335 e. The third-order valence-corrected chi connectivity index (χ3v) is 7.19. The molecule has 2 saturated carbocycles. The zero-order valence-electron chi connectivity index (χ0n) is 14.1. The summed E-state index contributed by atoms with van der Waals surface area (Å²) in [6.45, 7) is 0. The summed E-state index contributed by atoms with van der Waals surface area (Å²) in [5.74, 6) is 1.29. The second kappa shape index (κ2) is 5.90. The van der Waals surface area contributed by atoms with E-state index in [2.05, 4.69) is 5.32 Å². The van der Waals surface area contributed by atoms with Crippen molar-refractivity contribution in [3.63, 3.8) is 0 Å². The standard InChI is InChI=1S/C21H19Cl2NO2/c22-13-4-5-14(16(23)9-13)20-19-11-2-1-10(7-11)18(19)15-8-12(21(25)26)3-6-17(15)24-20/h3-6,8-11,18-20,24H,1-2,7H2,(H,25,26)/t10-,11-,18-,19-,20-/m0/s1. The summed E-state index contributed by atoms with van der Waals surface area (Å²) in [5, 5.41) is 14.4. The summed E-state index contributed by atoms with van der Waals surface area (Å²) in [6.07, 6.45) is 3.72. The number of rotatable bonds is 2. The highest BCUT2D eigenvalue weighted by Crippen LogP contribution is 2.64. The predicted octanol–water partition coefficient (Wildman–Crippen LogP) is 5.99. The molecule has 0 aromatic heterocycles. The van der Waals surface area contributed by atoms with Gasteiger partial charge in [-0.2, -0.15) is 0 Å². The normalized spacial score (nSPS) is 31.2. The minimum absolute atomic E-state index is 0.142. The van der Waals surface area contributed by atoms with Gasteiger partial charge in [0.15, 0.2) is 0 Å². The SMILES string of the molecule is O=C(O)c1ccc2c(c1)[C@@H]1[C@H]3CC[C@@H](C3)[C@@H]1[C@H](c1ccc(Cl)cc1Cl)N2. The summed E-state index contributed by atoms with van der Waals surface area (Å²) in [7, 11) is 0. The van der Waals surface area contributed by atoms with Gasteiger partial charge in [0.25, 0.3) is 0 Å². The van der Waals surface area contributed by atoms with E-state index in [9.17, 15) is 9.90 Å². The Kier molecular flexibility index (Phi) is 3.74. The fourth-order valence-electron chi connectivity index (χ4n) is 5.68. The molecule has 0 spiro atoms. The summed E-state index contributed by atoms with van der Waals surface area (Å²) < 4.78 is 0. The van der Waals surface area contributed by atoms with Gasteiger partial charge in [0.05, 0.1) is 11.6 Å². The van der Waals surface area contributed by atoms with E-state index in [0.29, 0.717) is 39.3 Å². The molecule has 1 heterocycles. The van der Waals surface area contributed by atoms with Crippen LogP contribution in [0, 0.1) is 17.8 Å². The van der Waals surface area contributed by atoms with Gasteiger partial charge in [0.2, 0.25) is 0 Å². The van der Waals surface area contributed by atoms with Crippen LogP contribution in [-0.2, 0) is 0 Å². The van der Waals surface area contributed by atoms with E-state index in [0.717, 1.165) is 11.3 Å². The molecule has 0 radical (unpaired) electrons. The van der Waals surface area contributed by atoms with Crippen molar-refractivity contribution in [3.05, 3.63) is 63.1 Å². The van der Waals surface area contributed by atoms with Crippen molar-refractivity contribution >= 4 is 34.9 Å². The fraction of sp³-hybridized carbons (Fsp3) is 0.381. The van der Waals surface area contributed by atoms with Crippen LogP contribution in [0.1, 0.15) is 52.7 Å². The van der Waals surface area contributed by atoms with E-state index in [1.165, 1.54) is 24.8 Å². The number of benzene rings is 2. The molecule has 5 heteroatoms. The second-order valence-electron chi connectivity index (χ2n) is 7.83. The molecule has 26 heavy (non-hydrogen) atoms. The first-order chi connectivity index (χ1) is 12.5. The molecule has 5 atom stereocenters. The van der Waals surface area contributed by atoms with Gasteiger partial charge in [0, 0.05) is 15.7 Å². The van der Waals surface area contributed by atoms with Crippen LogP contribution in [0.5, 0.6) is 0 Å². The lowest BCUT2D eigenvalue weighted by atomic mass is 9.68. The summed E-state index contributed by atoms with van der Waals surface area (Å²) >= 11 is 12.6. The van der Waals surface area contributed by atoms with Crippen LogP contribution in [0.15, 0.2) is 36.4 Å². The van der Waals surface area contributed by atoms with Crippen molar-refractivity contribution in [1.82, 2.24) is 0 Å². The average molecular weight is 388 g/mol. The first kappa shape index (κ1) is 16.5. The van der Waals surface area contributed by atoms with E-state index < -0.39 is 5.97 Å². The highest BCUT2D eigenvalue weighted by molar-refractivity contribution is 6.35. The molecule has 2 N–H and O–H groups in total. The number of aromatic carboxylic acids is 1. The minimum Gasteiger partial charge on any atom is -0.478 e. The van der Waals surface area contributed by atoms with Gasteiger partial charge in [-0.1, -0.05) is 29.3 Å². The zero-order chi connectivity index (χ0) is 18.0. The van der Waals surface area contributed by atoms with Gasteiger partial charge < -0.3 is 10.4 Å². The lowest BCUT2D eigenvalue weighted by Gasteiger charge is -2.43. The van der Waals surface area contributed by atoms with Crippen molar-refractivity contribution in [3.8, 4) is 0 Å². The minimum atomic E-state index is -0.865. The molecular weight excluding hydrogens is 369 g/mol. The van der Waals surface area contributed by atoms with Crippen LogP contribution in [0.4, 0.5) is 5.69 Å². The Balaban J connectivity index is 1.64. The Morgan fingerprint density at radius 2 is 1.85 bits per heavy atom. The van der Waals surface area contributed by atoms with Crippen LogP contribution >= 0.6 is 23.2 Å². The highest BCUT2D eigenvalue weighted by Gasteiger charge is 2.54. The van der Waals surface area contributed by atoms with Crippen LogP contribution in [-0.4, -0.2) is 11.1 Å². The topological polar surface area (TPSA) is 49.3 Å². The molecule has 134 valence electrons. The first-order valence-corrected chi connectivity index (χ1v) is 9.87. The van der Waals surface area contributed by atoms with Crippen LogP contribution in [0.3, 0.4) is 0 Å². The molecule has 0 unspecified atom stereocenters. The van der Waals surface area contributed by atoms with E-state index in [1.54, 1.807) is 6.07 Å². The molecule has 0 amide bonds. The third-order valence-electron chi connectivity index (χ3n) is 6.63. The first-order valence-electron chi connectivity index (χ1n) is 9.11. The number of hydrogen-bond donors (Lipinski definition) is 2. The number of carboxylic acid groups (broad SMARTS) is 1. The summed E-state index contributed by atoms with van der Waals surface area (Å²) in [6, 6.07) is 11.4. The lowest BCUT2D eigenvalue weighted by Crippen LogP contribution is -2.35. The maximum atomic E-state index is 11.5. The van der Waals surface area contributed by atoms with Gasteiger partial charge in [-0.3, -0.25) is 0 Å². The van der Waals surface area contributed by atoms with Crippen molar-refractivity contribution in [2.24, 2.45) is 17.8 Å². The molecule has 2 aliphatic carbocycles. The van der Waals surface area contributed by atoms with Crippen LogP contribution in [0.2, 0.25) is 10.0 Å². The third kappa shape index (κ3) is 2.37. The van der Waals surface area contributed by atoms with Gasteiger partial charge in [-0.05, 0) is 84.4 Å². The van der Waals surface area contributed by atoms with Crippen molar-refractivity contribution in [2.45, 2.75) is 31.2 Å². The Morgan fingerprint density at radius 3 is 2.62 bits per heavy atom. The number of anilines is 1. The Hall–Kier alpha value is -1.71. The quantitative estimate of drug-likeness (QED) is 0.665. The molecule has 3 aliphatic rings. The lowest BCUT2D eigenvalue weighted by molar-refractivity contribution is 0.0696. The molecule has 1 aliphatic heterocycles. The number of fused-ring (bicyclic) bond motifs is 7. The summed E-state index contributed by atoms with van der Waals surface area (Å²) in [5.41, 5.74) is 3.67. The number of nitrogens with one attached hydrogen (secondary N) is 1. The number of carbonyl (C=O) groups is 1. The van der Waals surface area contributed by atoms with E-state index in [-0.39, 0.29) is 6.04 Å². The number of carboxylic acids is 1. The second-order valence-corrected chi connectivity index (χ2v) is 8.68. The van der Waals surface area contributed by atoms with Crippen LogP contribution in [0.25, 0.3) is 0 Å². The van der Waals surface area contributed by atoms with Crippen molar-refractivity contribution in [1.29, 1.82) is 0 Å². The largest absolute Gasteiger partial charge is 0.478 e. The maximum Gasteiger partial charge on any atom is 0.335 e. The Labute approximate surface area is 162 Å². The van der Waals surface area contributed by atoms with Gasteiger partial charge in [-0.25, -0.2) is 4.79 Å². The molecular formula is C21H19Cl2NO2.